The quantitative estimate of drug-likeness (QED) is 0.563. The number of hydrogen-bond acceptors (Lipinski definition) is 6. The molecule has 3 aromatic rings. The van der Waals surface area contributed by atoms with E-state index in [0.29, 0.717) is 28.1 Å². The second kappa shape index (κ2) is 8.93. The summed E-state index contributed by atoms with van der Waals surface area (Å²) in [6, 6.07) is 18.3. The molecular weight excluding hydrogens is 428 g/mol. The molecule has 1 aromatic heterocycles. The molecule has 7 heteroatoms. The van der Waals surface area contributed by atoms with Crippen molar-refractivity contribution in [3.63, 3.8) is 0 Å². The minimum atomic E-state index is -0.979. The Balaban J connectivity index is 1.74. The largest absolute Gasteiger partial charge is 0.488 e. The fourth-order valence-electron chi connectivity index (χ4n) is 3.99. The van der Waals surface area contributed by atoms with E-state index in [9.17, 15) is 15.3 Å². The van der Waals surface area contributed by atoms with E-state index in [0.717, 1.165) is 27.8 Å². The molecule has 7 nitrogen and oxygen atoms in total. The third kappa shape index (κ3) is 3.87. The van der Waals surface area contributed by atoms with Crippen molar-refractivity contribution in [2.45, 2.75) is 20.5 Å². The van der Waals surface area contributed by atoms with E-state index in [2.05, 4.69) is 17.1 Å². The molecular formula is C27H20N4O3. The lowest BCUT2D eigenvalue weighted by Gasteiger charge is -2.13. The highest BCUT2D eigenvalue weighted by Crippen LogP contribution is 2.44. The Morgan fingerprint density at radius 3 is 2.47 bits per heavy atom. The summed E-state index contributed by atoms with van der Waals surface area (Å²) >= 11 is 0. The number of nitriles is 2. The van der Waals surface area contributed by atoms with E-state index in [1.165, 1.54) is 12.1 Å². The molecule has 2 aromatic carbocycles. The van der Waals surface area contributed by atoms with Gasteiger partial charge in [0, 0.05) is 11.1 Å². The molecule has 0 radical (unpaired) electrons. The van der Waals surface area contributed by atoms with Crippen molar-refractivity contribution in [1.29, 1.82) is 10.5 Å². The maximum atomic E-state index is 11.1. The molecule has 0 saturated carbocycles. The number of ether oxygens (including phenoxy) is 1. The van der Waals surface area contributed by atoms with Crippen LogP contribution in [0.5, 0.6) is 5.75 Å². The van der Waals surface area contributed by atoms with Crippen LogP contribution in [0.2, 0.25) is 0 Å². The highest BCUT2D eigenvalue weighted by molar-refractivity contribution is 6.09. The zero-order chi connectivity index (χ0) is 24.4. The molecule has 34 heavy (non-hydrogen) atoms. The van der Waals surface area contributed by atoms with E-state index in [1.54, 1.807) is 19.1 Å². The lowest BCUT2D eigenvalue weighted by atomic mass is 9.95. The fraction of sp³-hybridized carbons (Fsp3) is 0.111. The van der Waals surface area contributed by atoms with Gasteiger partial charge in [0.25, 0.3) is 0 Å². The summed E-state index contributed by atoms with van der Waals surface area (Å²) in [5.74, 6) is -0.246. The first-order chi connectivity index (χ1) is 16.3. The van der Waals surface area contributed by atoms with Gasteiger partial charge in [0.1, 0.15) is 30.3 Å². The predicted molar refractivity (Wildman–Crippen MR) is 128 cm³/mol. The molecule has 0 atom stereocenters. The fourth-order valence-corrected chi connectivity index (χ4v) is 3.99. The molecule has 0 unspecified atom stereocenters. The molecule has 0 saturated heterocycles. The van der Waals surface area contributed by atoms with Gasteiger partial charge in [0.2, 0.25) is 0 Å². The van der Waals surface area contributed by atoms with Gasteiger partial charge in [0.05, 0.1) is 22.4 Å². The Morgan fingerprint density at radius 1 is 1.12 bits per heavy atom. The number of nitrogen functional groups attached to an aromatic ring is 1. The normalized spacial score (nSPS) is 13.4. The predicted octanol–water partition coefficient (Wildman–Crippen LogP) is 4.97. The highest BCUT2D eigenvalue weighted by Gasteiger charge is 2.29. The van der Waals surface area contributed by atoms with Crippen molar-refractivity contribution in [2.24, 2.45) is 0 Å². The first-order valence-corrected chi connectivity index (χ1v) is 10.4. The average molecular weight is 448 g/mol. The summed E-state index contributed by atoms with van der Waals surface area (Å²) < 4.78 is 6.04. The zero-order valence-corrected chi connectivity index (χ0v) is 18.6. The van der Waals surface area contributed by atoms with Crippen LogP contribution in [-0.2, 0) is 6.61 Å². The molecule has 0 aliphatic heterocycles. The number of rotatable bonds is 5. The Bertz CT molecular complexity index is 1470. The highest BCUT2D eigenvalue weighted by atomic mass is 16.5. The van der Waals surface area contributed by atoms with Gasteiger partial charge in [-0.1, -0.05) is 30.3 Å². The lowest BCUT2D eigenvalue weighted by Crippen LogP contribution is -2.04. The number of fused-ring (bicyclic) bond motifs is 1. The van der Waals surface area contributed by atoms with E-state index in [1.807, 2.05) is 37.3 Å². The van der Waals surface area contributed by atoms with Gasteiger partial charge in [-0.15, -0.1) is 0 Å². The number of nitrogens with two attached hydrogens (primary N) is 1. The number of pyridine rings is 1. The number of carbonyl (C=O) groups is 1. The Morgan fingerprint density at radius 2 is 1.82 bits per heavy atom. The summed E-state index contributed by atoms with van der Waals surface area (Å²) in [6.45, 7) is 3.91. The first-order valence-electron chi connectivity index (χ1n) is 10.4. The standard InChI is InChI=1S/C27H20N4O3/c1-15-20(24-16(2)22(13-29)26(30)31-25(24)21(15)12-28)11-19-5-3-4-6-23(19)34-14-17-7-9-18(10-8-17)27(32)33/h3-11H,14H2,1-2H3,(H2,30,31)(H,32,33). The van der Waals surface area contributed by atoms with Crippen molar-refractivity contribution >= 4 is 29.0 Å². The number of anilines is 1. The topological polar surface area (TPSA) is 133 Å². The second-order valence-electron chi connectivity index (χ2n) is 7.83. The molecule has 3 N–H and O–H groups in total. The summed E-state index contributed by atoms with van der Waals surface area (Å²) in [6.07, 6.45) is 1.92. The van der Waals surface area contributed by atoms with E-state index in [-0.39, 0.29) is 18.0 Å². The van der Waals surface area contributed by atoms with Crippen LogP contribution in [-0.4, -0.2) is 16.1 Å². The van der Waals surface area contributed by atoms with Crippen molar-refractivity contribution in [1.82, 2.24) is 4.98 Å². The maximum absolute atomic E-state index is 11.1. The number of nitrogens with zero attached hydrogens (tertiary/aromatic N) is 3. The van der Waals surface area contributed by atoms with Crippen molar-refractivity contribution < 1.29 is 14.6 Å². The number of hydrogen-bond donors (Lipinski definition) is 2. The summed E-state index contributed by atoms with van der Waals surface area (Å²) in [4.78, 5) is 15.4. The molecule has 1 aliphatic rings. The maximum Gasteiger partial charge on any atom is 0.335 e. The minimum absolute atomic E-state index is 0.109. The number of allylic oxidation sites excluding steroid dienone is 3. The molecule has 4 rings (SSSR count). The van der Waals surface area contributed by atoms with Gasteiger partial charge in [-0.2, -0.15) is 10.5 Å². The third-order valence-corrected chi connectivity index (χ3v) is 5.80. The van der Waals surface area contributed by atoms with Crippen LogP contribution in [0.1, 0.15) is 50.8 Å². The monoisotopic (exact) mass is 448 g/mol. The zero-order valence-electron chi connectivity index (χ0n) is 18.6. The molecule has 1 aliphatic carbocycles. The van der Waals surface area contributed by atoms with Gasteiger partial charge in [-0.3, -0.25) is 0 Å². The van der Waals surface area contributed by atoms with Gasteiger partial charge in [-0.25, -0.2) is 9.78 Å². The number of benzene rings is 2. The summed E-state index contributed by atoms with van der Waals surface area (Å²) in [5, 5.41) is 28.4. The minimum Gasteiger partial charge on any atom is -0.488 e. The van der Waals surface area contributed by atoms with Crippen LogP contribution >= 0.6 is 0 Å². The smallest absolute Gasteiger partial charge is 0.335 e. The molecule has 0 amide bonds. The van der Waals surface area contributed by atoms with E-state index in [4.69, 9.17) is 15.6 Å². The number of aromatic carboxylic acids is 1. The van der Waals surface area contributed by atoms with Gasteiger partial charge < -0.3 is 15.6 Å². The average Bonchev–Trinajstić information content (AvgIpc) is 3.09. The molecule has 1 heterocycles. The van der Waals surface area contributed by atoms with Crippen molar-refractivity contribution in [3.05, 3.63) is 93.2 Å². The lowest BCUT2D eigenvalue weighted by molar-refractivity contribution is 0.0697. The van der Waals surface area contributed by atoms with Gasteiger partial charge in [0.15, 0.2) is 0 Å². The third-order valence-electron chi connectivity index (χ3n) is 5.80. The SMILES string of the molecule is CC1=C(C#N)c2nc(N)c(C#N)c(C)c2C1=Cc1ccccc1OCc1ccc(C(=O)O)cc1. The molecule has 0 bridgehead atoms. The van der Waals surface area contributed by atoms with Crippen LogP contribution in [0.4, 0.5) is 5.82 Å². The van der Waals surface area contributed by atoms with Crippen LogP contribution in [0, 0.1) is 29.6 Å². The molecule has 0 spiro atoms. The van der Waals surface area contributed by atoms with Crippen molar-refractivity contribution in [3.8, 4) is 17.9 Å². The Hall–Kier alpha value is -4.88. The molecule has 0 fully saturated rings. The van der Waals surface area contributed by atoms with E-state index < -0.39 is 5.97 Å². The van der Waals surface area contributed by atoms with E-state index >= 15 is 0 Å². The van der Waals surface area contributed by atoms with Crippen LogP contribution in [0.15, 0.2) is 54.1 Å². The Kier molecular flexibility index (Phi) is 5.86. The van der Waals surface area contributed by atoms with Crippen LogP contribution < -0.4 is 10.5 Å². The van der Waals surface area contributed by atoms with Gasteiger partial charge in [-0.05, 0) is 60.4 Å². The number of para-hydroxylation sites is 1. The van der Waals surface area contributed by atoms with Crippen LogP contribution in [0.3, 0.4) is 0 Å². The summed E-state index contributed by atoms with van der Waals surface area (Å²) in [5.41, 5.74) is 12.0. The number of aromatic nitrogens is 1. The Labute approximate surface area is 196 Å². The molecule has 166 valence electrons. The number of carboxylic acids is 1. The van der Waals surface area contributed by atoms with Gasteiger partial charge >= 0.3 is 5.97 Å². The van der Waals surface area contributed by atoms with Crippen molar-refractivity contribution in [2.75, 3.05) is 5.73 Å². The number of carboxylic acid groups (broad SMARTS) is 1. The van der Waals surface area contributed by atoms with Crippen LogP contribution in [0.25, 0.3) is 17.2 Å². The summed E-state index contributed by atoms with van der Waals surface area (Å²) in [7, 11) is 0. The second-order valence-corrected chi connectivity index (χ2v) is 7.83. The first kappa shape index (κ1) is 22.3.